The largest absolute Gasteiger partial charge is 0.399 e. The number of aromatic nitrogens is 2. The first-order valence-electron chi connectivity index (χ1n) is 3.78. The van der Waals surface area contributed by atoms with Crippen molar-refractivity contribution in [2.24, 2.45) is 0 Å². The molecule has 1 aromatic carbocycles. The second kappa shape index (κ2) is 2.76. The van der Waals surface area contributed by atoms with Crippen molar-refractivity contribution in [2.45, 2.75) is 0 Å². The van der Waals surface area contributed by atoms with Crippen LogP contribution in [0.25, 0.3) is 11.0 Å². The summed E-state index contributed by atoms with van der Waals surface area (Å²) in [5, 5.41) is 0. The van der Waals surface area contributed by atoms with E-state index in [4.69, 9.17) is 12.2 Å². The third-order valence-electron chi connectivity index (χ3n) is 1.71. The minimum Gasteiger partial charge on any atom is -0.399 e. The van der Waals surface area contributed by atoms with Crippen LogP contribution in [0.1, 0.15) is 5.69 Å². The van der Waals surface area contributed by atoms with Gasteiger partial charge in [0.2, 0.25) is 0 Å². The maximum Gasteiger partial charge on any atom is 0.131 e. The summed E-state index contributed by atoms with van der Waals surface area (Å²) >= 11 is 0. The zero-order valence-electron chi connectivity index (χ0n) is 6.86. The fourth-order valence-electron chi connectivity index (χ4n) is 1.10. The molecule has 62 valence electrons. The average molecular weight is 169 g/mol. The third kappa shape index (κ3) is 1.30. The van der Waals surface area contributed by atoms with Gasteiger partial charge in [0.15, 0.2) is 0 Å². The summed E-state index contributed by atoms with van der Waals surface area (Å²) in [7, 11) is 0. The molecule has 0 aliphatic rings. The second-order valence-corrected chi connectivity index (χ2v) is 2.65. The van der Waals surface area contributed by atoms with Crippen LogP contribution >= 0.6 is 0 Å². The van der Waals surface area contributed by atoms with Crippen molar-refractivity contribution in [3.63, 3.8) is 0 Å². The number of terminal acetylenes is 1. The van der Waals surface area contributed by atoms with Crippen LogP contribution < -0.4 is 5.73 Å². The van der Waals surface area contributed by atoms with E-state index in [9.17, 15) is 0 Å². The van der Waals surface area contributed by atoms with Crippen LogP contribution in [0.4, 0.5) is 5.69 Å². The SMILES string of the molecule is C#Cc1cnc2ccc(N)cc2n1. The first-order valence-corrected chi connectivity index (χ1v) is 3.78. The van der Waals surface area contributed by atoms with Gasteiger partial charge in [-0.1, -0.05) is 0 Å². The molecule has 13 heavy (non-hydrogen) atoms. The quantitative estimate of drug-likeness (QED) is 0.476. The van der Waals surface area contributed by atoms with Crippen molar-refractivity contribution in [3.05, 3.63) is 30.1 Å². The standard InChI is InChI=1S/C10H7N3/c1-2-8-6-12-9-4-3-7(11)5-10(9)13-8/h1,3-6H,11H2. The van der Waals surface area contributed by atoms with Gasteiger partial charge in [0.05, 0.1) is 17.2 Å². The fraction of sp³-hybridized carbons (Fsp3) is 0. The molecule has 2 N–H and O–H groups in total. The van der Waals surface area contributed by atoms with E-state index >= 15 is 0 Å². The van der Waals surface area contributed by atoms with Crippen LogP contribution in [0.5, 0.6) is 0 Å². The van der Waals surface area contributed by atoms with E-state index in [0.717, 1.165) is 11.0 Å². The minimum atomic E-state index is 0.526. The predicted molar refractivity (Wildman–Crippen MR) is 51.9 cm³/mol. The van der Waals surface area contributed by atoms with Crippen LogP contribution in [0.15, 0.2) is 24.4 Å². The number of nitrogens with zero attached hydrogens (tertiary/aromatic N) is 2. The Balaban J connectivity index is 2.77. The van der Waals surface area contributed by atoms with Gasteiger partial charge in [-0.15, -0.1) is 6.42 Å². The highest BCUT2D eigenvalue weighted by atomic mass is 14.8. The molecule has 0 fully saturated rings. The first kappa shape index (κ1) is 7.56. The Morgan fingerprint density at radius 3 is 2.92 bits per heavy atom. The van der Waals surface area contributed by atoms with Crippen molar-refractivity contribution in [1.82, 2.24) is 9.97 Å². The smallest absolute Gasteiger partial charge is 0.131 e. The summed E-state index contributed by atoms with van der Waals surface area (Å²) in [4.78, 5) is 8.31. The zero-order valence-corrected chi connectivity index (χ0v) is 6.86. The number of rotatable bonds is 0. The van der Waals surface area contributed by atoms with E-state index in [0.29, 0.717) is 11.4 Å². The van der Waals surface area contributed by atoms with Gasteiger partial charge < -0.3 is 5.73 Å². The highest BCUT2D eigenvalue weighted by molar-refractivity contribution is 5.78. The maximum absolute atomic E-state index is 5.60. The number of hydrogen-bond donors (Lipinski definition) is 1. The normalized spacial score (nSPS) is 9.77. The fourth-order valence-corrected chi connectivity index (χ4v) is 1.10. The van der Waals surface area contributed by atoms with Crippen LogP contribution in [-0.4, -0.2) is 9.97 Å². The maximum atomic E-state index is 5.60. The summed E-state index contributed by atoms with van der Waals surface area (Å²) in [6.07, 6.45) is 6.76. The van der Waals surface area contributed by atoms with E-state index in [-0.39, 0.29) is 0 Å². The van der Waals surface area contributed by atoms with Crippen molar-refractivity contribution in [2.75, 3.05) is 5.73 Å². The summed E-state index contributed by atoms with van der Waals surface area (Å²) in [6, 6.07) is 5.35. The number of hydrogen-bond acceptors (Lipinski definition) is 3. The Kier molecular flexibility index (Phi) is 1.60. The molecule has 0 aliphatic heterocycles. The lowest BCUT2D eigenvalue weighted by atomic mass is 10.2. The Morgan fingerprint density at radius 2 is 2.15 bits per heavy atom. The molecule has 1 heterocycles. The van der Waals surface area contributed by atoms with Crippen LogP contribution in [0.3, 0.4) is 0 Å². The van der Waals surface area contributed by atoms with Gasteiger partial charge in [0, 0.05) is 5.69 Å². The molecule has 2 aromatic rings. The summed E-state index contributed by atoms with van der Waals surface area (Å²) in [5.74, 6) is 2.42. The van der Waals surface area contributed by atoms with Gasteiger partial charge in [0.1, 0.15) is 5.69 Å². The highest BCUT2D eigenvalue weighted by Gasteiger charge is 1.97. The van der Waals surface area contributed by atoms with E-state index in [1.807, 2.05) is 6.07 Å². The van der Waals surface area contributed by atoms with Crippen molar-refractivity contribution in [1.29, 1.82) is 0 Å². The van der Waals surface area contributed by atoms with Gasteiger partial charge in [0.25, 0.3) is 0 Å². The molecule has 0 spiro atoms. The topological polar surface area (TPSA) is 51.8 Å². The molecule has 0 radical (unpaired) electrons. The molecule has 3 heteroatoms. The average Bonchev–Trinajstić information content (AvgIpc) is 2.16. The monoisotopic (exact) mass is 169 g/mol. The van der Waals surface area contributed by atoms with Gasteiger partial charge in [-0.25, -0.2) is 4.98 Å². The predicted octanol–water partition coefficient (Wildman–Crippen LogP) is 1.19. The van der Waals surface area contributed by atoms with Gasteiger partial charge in [-0.05, 0) is 24.1 Å². The number of nitrogen functional groups attached to an aromatic ring is 1. The summed E-state index contributed by atoms with van der Waals surface area (Å²) < 4.78 is 0. The number of nitrogens with two attached hydrogens (primary N) is 1. The Hall–Kier alpha value is -2.08. The molecule has 0 amide bonds. The first-order chi connectivity index (χ1) is 6.29. The van der Waals surface area contributed by atoms with Gasteiger partial charge in [-0.2, -0.15) is 0 Å². The molecule has 3 nitrogen and oxygen atoms in total. The van der Waals surface area contributed by atoms with Crippen molar-refractivity contribution < 1.29 is 0 Å². The second-order valence-electron chi connectivity index (χ2n) is 2.65. The summed E-state index contributed by atoms with van der Waals surface area (Å²) in [6.45, 7) is 0. The van der Waals surface area contributed by atoms with Gasteiger partial charge >= 0.3 is 0 Å². The van der Waals surface area contributed by atoms with Crippen LogP contribution in [0, 0.1) is 12.3 Å². The van der Waals surface area contributed by atoms with Crippen LogP contribution in [0.2, 0.25) is 0 Å². The Labute approximate surface area is 75.6 Å². The molecule has 0 aliphatic carbocycles. The number of anilines is 1. The third-order valence-corrected chi connectivity index (χ3v) is 1.71. The lowest BCUT2D eigenvalue weighted by molar-refractivity contribution is 1.26. The minimum absolute atomic E-state index is 0.526. The Bertz CT molecular complexity index is 497. The van der Waals surface area contributed by atoms with E-state index in [1.165, 1.54) is 0 Å². The molecular weight excluding hydrogens is 162 g/mol. The van der Waals surface area contributed by atoms with Crippen molar-refractivity contribution in [3.8, 4) is 12.3 Å². The van der Waals surface area contributed by atoms with Gasteiger partial charge in [-0.3, -0.25) is 4.98 Å². The lowest BCUT2D eigenvalue weighted by Gasteiger charge is -1.97. The molecule has 0 bridgehead atoms. The zero-order chi connectivity index (χ0) is 9.26. The summed E-state index contributed by atoms with van der Waals surface area (Å²) in [5.41, 5.74) is 8.32. The van der Waals surface area contributed by atoms with Crippen LogP contribution in [-0.2, 0) is 0 Å². The molecule has 0 atom stereocenters. The Morgan fingerprint density at radius 1 is 1.31 bits per heavy atom. The molecule has 1 aromatic heterocycles. The number of fused-ring (bicyclic) bond motifs is 1. The van der Waals surface area contributed by atoms with E-state index in [1.54, 1.807) is 18.3 Å². The molecule has 0 unspecified atom stereocenters. The molecular formula is C10H7N3. The van der Waals surface area contributed by atoms with Crippen molar-refractivity contribution >= 4 is 16.7 Å². The highest BCUT2D eigenvalue weighted by Crippen LogP contribution is 2.12. The molecule has 0 saturated heterocycles. The van der Waals surface area contributed by atoms with E-state index in [2.05, 4.69) is 15.9 Å². The molecule has 0 saturated carbocycles. The lowest BCUT2D eigenvalue weighted by Crippen LogP contribution is -1.90. The van der Waals surface area contributed by atoms with E-state index < -0.39 is 0 Å². The number of benzene rings is 1. The molecule has 2 rings (SSSR count).